The van der Waals surface area contributed by atoms with E-state index in [1.165, 1.54) is 36.4 Å². The van der Waals surface area contributed by atoms with Crippen LogP contribution in [-0.2, 0) is 21.4 Å². The van der Waals surface area contributed by atoms with Gasteiger partial charge < -0.3 is 0 Å². The van der Waals surface area contributed by atoms with Crippen LogP contribution in [0.2, 0.25) is 0 Å². The van der Waals surface area contributed by atoms with Crippen molar-refractivity contribution in [2.45, 2.75) is 71.6 Å². The van der Waals surface area contributed by atoms with Crippen LogP contribution >= 0.6 is 0 Å². The van der Waals surface area contributed by atoms with Crippen LogP contribution in [0.4, 0.5) is 5.82 Å². The Morgan fingerprint density at radius 2 is 1.77 bits per heavy atom. The molecule has 8 nitrogen and oxygen atoms in total. The molecule has 172 valence electrons. The summed E-state index contributed by atoms with van der Waals surface area (Å²) in [5.74, 6) is 2.07. The van der Waals surface area contributed by atoms with Gasteiger partial charge in [-0.25, -0.2) is 9.97 Å². The molecule has 1 amide bonds. The minimum Gasteiger partial charge on any atom is -0.296 e. The van der Waals surface area contributed by atoms with Crippen molar-refractivity contribution in [1.82, 2.24) is 18.6 Å². The second kappa shape index (κ2) is 9.11. The first-order valence-electron chi connectivity index (χ1n) is 11.8. The minimum absolute atomic E-state index is 0.0402. The van der Waals surface area contributed by atoms with Gasteiger partial charge in [0.1, 0.15) is 11.6 Å². The summed E-state index contributed by atoms with van der Waals surface area (Å²) >= 11 is 0. The molecule has 0 spiro atoms. The highest BCUT2D eigenvalue weighted by Gasteiger charge is 2.38. The van der Waals surface area contributed by atoms with E-state index in [9.17, 15) is 13.2 Å². The predicted octanol–water partition coefficient (Wildman–Crippen LogP) is 2.63. The molecule has 0 aromatic carbocycles. The molecule has 0 radical (unpaired) electrons. The van der Waals surface area contributed by atoms with Crippen molar-refractivity contribution in [2.24, 2.45) is 5.92 Å². The first-order valence-corrected chi connectivity index (χ1v) is 13.2. The summed E-state index contributed by atoms with van der Waals surface area (Å²) in [6.07, 6.45) is 7.21. The molecule has 1 aromatic rings. The number of anilines is 1. The molecule has 1 saturated heterocycles. The van der Waals surface area contributed by atoms with Gasteiger partial charge in [-0.05, 0) is 32.1 Å². The Bertz CT molecular complexity index is 925. The summed E-state index contributed by atoms with van der Waals surface area (Å²) in [6, 6.07) is 0. The molecule has 0 N–H and O–H groups in total. The summed E-state index contributed by atoms with van der Waals surface area (Å²) in [6.45, 7) is 8.22. The summed E-state index contributed by atoms with van der Waals surface area (Å²) in [5.41, 5.74) is 1.79. The number of rotatable bonds is 7. The lowest BCUT2D eigenvalue weighted by atomic mass is 9.89. The number of aryl methyl sites for hydroxylation is 1. The van der Waals surface area contributed by atoms with Crippen molar-refractivity contribution in [1.29, 1.82) is 0 Å². The lowest BCUT2D eigenvalue weighted by Crippen LogP contribution is -2.42. The van der Waals surface area contributed by atoms with E-state index in [1.807, 2.05) is 25.7 Å². The van der Waals surface area contributed by atoms with Gasteiger partial charge in [-0.15, -0.1) is 0 Å². The SMILES string of the molecule is CCN(CC)S(=O)(=O)N1CC[C@@H](c2nc(C)c3c(n2)N(CC2CCCCC2)C(=O)C3)C1. The van der Waals surface area contributed by atoms with Crippen molar-refractivity contribution >= 4 is 21.9 Å². The molecule has 3 aliphatic rings. The summed E-state index contributed by atoms with van der Waals surface area (Å²) in [7, 11) is -3.46. The number of carbonyl (C=O) groups is 1. The van der Waals surface area contributed by atoms with Gasteiger partial charge in [0.2, 0.25) is 5.91 Å². The average Bonchev–Trinajstić information content (AvgIpc) is 3.36. The fourth-order valence-corrected chi connectivity index (χ4v) is 6.94. The highest BCUT2D eigenvalue weighted by Crippen LogP contribution is 2.35. The lowest BCUT2D eigenvalue weighted by molar-refractivity contribution is -0.117. The minimum atomic E-state index is -3.46. The van der Waals surface area contributed by atoms with Crippen LogP contribution in [0.3, 0.4) is 0 Å². The number of aromatic nitrogens is 2. The van der Waals surface area contributed by atoms with Gasteiger partial charge in [-0.2, -0.15) is 17.0 Å². The van der Waals surface area contributed by atoms with E-state index in [0.29, 0.717) is 50.8 Å². The largest absolute Gasteiger partial charge is 0.296 e. The maximum absolute atomic E-state index is 12.9. The molecule has 9 heteroatoms. The molecule has 1 saturated carbocycles. The molecule has 1 atom stereocenters. The van der Waals surface area contributed by atoms with E-state index in [-0.39, 0.29) is 11.8 Å². The quantitative estimate of drug-likeness (QED) is 0.639. The first-order chi connectivity index (χ1) is 14.8. The maximum Gasteiger partial charge on any atom is 0.281 e. The summed E-state index contributed by atoms with van der Waals surface area (Å²) in [4.78, 5) is 24.2. The van der Waals surface area contributed by atoms with Crippen molar-refractivity contribution in [2.75, 3.05) is 37.6 Å². The van der Waals surface area contributed by atoms with E-state index >= 15 is 0 Å². The smallest absolute Gasteiger partial charge is 0.281 e. The van der Waals surface area contributed by atoms with Crippen LogP contribution in [-0.4, -0.2) is 65.6 Å². The maximum atomic E-state index is 12.9. The second-order valence-electron chi connectivity index (χ2n) is 9.09. The van der Waals surface area contributed by atoms with Crippen molar-refractivity contribution in [3.8, 4) is 0 Å². The van der Waals surface area contributed by atoms with Gasteiger partial charge >= 0.3 is 0 Å². The van der Waals surface area contributed by atoms with Crippen LogP contribution in [0, 0.1) is 12.8 Å². The first kappa shape index (κ1) is 22.6. The number of amides is 1. The zero-order valence-corrected chi connectivity index (χ0v) is 19.8. The van der Waals surface area contributed by atoms with Gasteiger partial charge in [0.15, 0.2) is 0 Å². The van der Waals surface area contributed by atoms with E-state index < -0.39 is 10.2 Å². The molecular formula is C22H35N5O3S. The third-order valence-electron chi connectivity index (χ3n) is 7.13. The van der Waals surface area contributed by atoms with Crippen molar-refractivity contribution in [3.05, 3.63) is 17.1 Å². The highest BCUT2D eigenvalue weighted by atomic mass is 32.2. The predicted molar refractivity (Wildman–Crippen MR) is 120 cm³/mol. The Morgan fingerprint density at radius 3 is 2.45 bits per heavy atom. The van der Waals surface area contributed by atoms with Crippen LogP contribution in [0.5, 0.6) is 0 Å². The molecule has 31 heavy (non-hydrogen) atoms. The lowest BCUT2D eigenvalue weighted by Gasteiger charge is -2.27. The van der Waals surface area contributed by atoms with Crippen LogP contribution in [0.25, 0.3) is 0 Å². The van der Waals surface area contributed by atoms with Gasteiger partial charge in [0, 0.05) is 49.9 Å². The Labute approximate surface area is 186 Å². The standard InChI is InChI=1S/C22H35N5O3S/c1-4-25(5-2)31(29,30)26-12-11-18(15-26)21-23-16(3)19-13-20(28)27(22(19)24-21)14-17-9-7-6-8-10-17/h17-18H,4-15H2,1-3H3/t18-/m1/s1. The number of hydrogen-bond acceptors (Lipinski definition) is 5. The van der Waals surface area contributed by atoms with E-state index in [1.54, 1.807) is 4.31 Å². The van der Waals surface area contributed by atoms with E-state index in [2.05, 4.69) is 0 Å². The average molecular weight is 450 g/mol. The molecule has 4 rings (SSSR count). The van der Waals surface area contributed by atoms with Gasteiger partial charge in [-0.1, -0.05) is 33.1 Å². The number of carbonyl (C=O) groups excluding carboxylic acids is 1. The zero-order valence-electron chi connectivity index (χ0n) is 19.0. The van der Waals surface area contributed by atoms with Crippen LogP contribution < -0.4 is 4.90 Å². The molecule has 3 heterocycles. The zero-order chi connectivity index (χ0) is 22.2. The summed E-state index contributed by atoms with van der Waals surface area (Å²) in [5, 5.41) is 0. The van der Waals surface area contributed by atoms with Gasteiger partial charge in [0.25, 0.3) is 10.2 Å². The number of nitrogens with zero attached hydrogens (tertiary/aromatic N) is 5. The second-order valence-corrected chi connectivity index (χ2v) is 11.0. The highest BCUT2D eigenvalue weighted by molar-refractivity contribution is 7.86. The van der Waals surface area contributed by atoms with E-state index in [0.717, 1.165) is 23.6 Å². The Morgan fingerprint density at radius 1 is 1.06 bits per heavy atom. The van der Waals surface area contributed by atoms with Gasteiger partial charge in [0.05, 0.1) is 6.42 Å². The fraction of sp³-hybridized carbons (Fsp3) is 0.773. The van der Waals surface area contributed by atoms with Gasteiger partial charge in [-0.3, -0.25) is 9.69 Å². The fourth-order valence-electron chi connectivity index (χ4n) is 5.26. The van der Waals surface area contributed by atoms with Crippen LogP contribution in [0.1, 0.15) is 75.4 Å². The third-order valence-corrected chi connectivity index (χ3v) is 9.29. The molecule has 0 unspecified atom stereocenters. The molecule has 1 aliphatic carbocycles. The Balaban J connectivity index is 1.55. The molecule has 2 fully saturated rings. The number of fused-ring (bicyclic) bond motifs is 1. The molecule has 0 bridgehead atoms. The molecule has 1 aromatic heterocycles. The van der Waals surface area contributed by atoms with Crippen molar-refractivity contribution < 1.29 is 13.2 Å². The normalized spacial score (nSPS) is 23.2. The van der Waals surface area contributed by atoms with E-state index in [4.69, 9.17) is 9.97 Å². The number of hydrogen-bond donors (Lipinski definition) is 0. The molecular weight excluding hydrogens is 414 g/mol. The van der Waals surface area contributed by atoms with Crippen LogP contribution in [0.15, 0.2) is 0 Å². The topological polar surface area (TPSA) is 86.7 Å². The Hall–Kier alpha value is -1.58. The Kier molecular flexibility index (Phi) is 6.65. The monoisotopic (exact) mass is 449 g/mol. The van der Waals surface area contributed by atoms with Crippen molar-refractivity contribution in [3.63, 3.8) is 0 Å². The summed E-state index contributed by atoms with van der Waals surface area (Å²) < 4.78 is 28.9. The third kappa shape index (κ3) is 4.36. The molecule has 2 aliphatic heterocycles.